The fourth-order valence-corrected chi connectivity index (χ4v) is 2.68. The average molecular weight is 334 g/mol. The Kier molecular flexibility index (Phi) is 8.08. The number of carbonyl (C=O) groups is 1. The van der Waals surface area contributed by atoms with Crippen LogP contribution >= 0.6 is 24.8 Å². The van der Waals surface area contributed by atoms with Crippen LogP contribution < -0.4 is 10.6 Å². The maximum atomic E-state index is 12.3. The largest absolute Gasteiger partial charge is 0.372 e. The van der Waals surface area contributed by atoms with E-state index in [-0.39, 0.29) is 42.8 Å². The summed E-state index contributed by atoms with van der Waals surface area (Å²) in [5, 5.41) is 0. The number of carbonyl (C=O) groups excluding carboxylic acids is 1. The van der Waals surface area contributed by atoms with Gasteiger partial charge in [0, 0.05) is 44.3 Å². The number of rotatable bonds is 2. The number of amides is 1. The first kappa shape index (κ1) is 20.0. The highest BCUT2D eigenvalue weighted by Gasteiger charge is 2.26. The van der Waals surface area contributed by atoms with Gasteiger partial charge in [-0.3, -0.25) is 4.79 Å². The molecule has 0 fully saturated rings. The van der Waals surface area contributed by atoms with Gasteiger partial charge in [-0.1, -0.05) is 18.2 Å². The van der Waals surface area contributed by atoms with Crippen LogP contribution in [0.3, 0.4) is 0 Å². The molecule has 2 rings (SSSR count). The predicted octanol–water partition coefficient (Wildman–Crippen LogP) is 2.43. The Morgan fingerprint density at radius 3 is 2.62 bits per heavy atom. The van der Waals surface area contributed by atoms with Gasteiger partial charge in [0.15, 0.2) is 0 Å². The molecule has 1 amide bonds. The van der Waals surface area contributed by atoms with Crippen molar-refractivity contribution in [2.75, 3.05) is 18.5 Å². The molecule has 0 bridgehead atoms. The summed E-state index contributed by atoms with van der Waals surface area (Å²) >= 11 is 0. The summed E-state index contributed by atoms with van der Waals surface area (Å²) in [6.07, 6.45) is 0.413. The molecule has 4 nitrogen and oxygen atoms in total. The first-order valence-electron chi connectivity index (χ1n) is 6.83. The van der Waals surface area contributed by atoms with Gasteiger partial charge >= 0.3 is 0 Å². The van der Waals surface area contributed by atoms with Gasteiger partial charge in [0.25, 0.3) is 0 Å². The molecular formula is C15H25Cl2N3O. The highest BCUT2D eigenvalue weighted by molar-refractivity contribution is 5.85. The molecular weight excluding hydrogens is 309 g/mol. The molecule has 0 spiro atoms. The fourth-order valence-electron chi connectivity index (χ4n) is 2.68. The molecule has 2 unspecified atom stereocenters. The second kappa shape index (κ2) is 8.47. The van der Waals surface area contributed by atoms with E-state index in [1.54, 1.807) is 0 Å². The molecule has 0 saturated carbocycles. The van der Waals surface area contributed by atoms with Crippen LogP contribution in [0.2, 0.25) is 0 Å². The minimum Gasteiger partial charge on any atom is -0.372 e. The predicted molar refractivity (Wildman–Crippen MR) is 92.5 cm³/mol. The number of nitrogens with zero attached hydrogens (tertiary/aromatic N) is 2. The van der Waals surface area contributed by atoms with Crippen molar-refractivity contribution < 1.29 is 4.79 Å². The summed E-state index contributed by atoms with van der Waals surface area (Å²) in [6, 6.07) is 8.38. The highest BCUT2D eigenvalue weighted by Crippen LogP contribution is 2.26. The van der Waals surface area contributed by atoms with Crippen molar-refractivity contribution in [2.45, 2.75) is 38.9 Å². The smallest absolute Gasteiger partial charge is 0.224 e. The van der Waals surface area contributed by atoms with Crippen LogP contribution in [0, 0.1) is 0 Å². The fraction of sp³-hybridized carbons (Fsp3) is 0.533. The Hall–Kier alpha value is -0.970. The molecule has 1 aromatic carbocycles. The third-order valence-electron chi connectivity index (χ3n) is 3.63. The Morgan fingerprint density at radius 1 is 1.38 bits per heavy atom. The average Bonchev–Trinajstić information content (AvgIpc) is 2.46. The maximum absolute atomic E-state index is 12.3. The monoisotopic (exact) mass is 333 g/mol. The third-order valence-corrected chi connectivity index (χ3v) is 3.63. The van der Waals surface area contributed by atoms with Crippen molar-refractivity contribution in [1.82, 2.24) is 4.90 Å². The molecule has 2 N–H and O–H groups in total. The van der Waals surface area contributed by atoms with E-state index in [1.807, 2.05) is 24.0 Å². The Morgan fingerprint density at radius 2 is 2.00 bits per heavy atom. The van der Waals surface area contributed by atoms with E-state index in [1.165, 1.54) is 11.3 Å². The molecule has 1 aliphatic rings. The molecule has 21 heavy (non-hydrogen) atoms. The van der Waals surface area contributed by atoms with Crippen molar-refractivity contribution >= 4 is 36.4 Å². The van der Waals surface area contributed by atoms with Gasteiger partial charge in [-0.2, -0.15) is 0 Å². The summed E-state index contributed by atoms with van der Waals surface area (Å²) in [5.74, 6) is 0.146. The lowest BCUT2D eigenvalue weighted by atomic mass is 10.1. The Bertz CT molecular complexity index is 468. The lowest BCUT2D eigenvalue weighted by Crippen LogP contribution is -2.43. The second-order valence-electron chi connectivity index (χ2n) is 5.56. The highest BCUT2D eigenvalue weighted by atomic mass is 35.5. The Labute approximate surface area is 139 Å². The van der Waals surface area contributed by atoms with E-state index < -0.39 is 0 Å². The standard InChI is InChI=1S/C15H23N3O.2ClH/c1-11(16)8-15(19)18-10-13-6-4-5-7-14(13)17(3)9-12(18)2;;/h4-7,11-12H,8-10,16H2,1-3H3;2*1H. The Balaban J connectivity index is 0.00000200. The van der Waals surface area contributed by atoms with E-state index in [0.29, 0.717) is 13.0 Å². The molecule has 1 heterocycles. The number of likely N-dealkylation sites (N-methyl/N-ethyl adjacent to an activating group) is 1. The zero-order valence-corrected chi connectivity index (χ0v) is 14.4. The minimum atomic E-state index is -0.0871. The van der Waals surface area contributed by atoms with Crippen molar-refractivity contribution in [3.8, 4) is 0 Å². The van der Waals surface area contributed by atoms with E-state index in [2.05, 4.69) is 31.0 Å². The summed E-state index contributed by atoms with van der Waals surface area (Å²) in [4.78, 5) is 16.5. The normalized spacial score (nSPS) is 18.8. The first-order valence-corrected chi connectivity index (χ1v) is 6.83. The number of anilines is 1. The lowest BCUT2D eigenvalue weighted by Gasteiger charge is -2.29. The maximum Gasteiger partial charge on any atom is 0.224 e. The van der Waals surface area contributed by atoms with Crippen LogP contribution in [0.25, 0.3) is 0 Å². The molecule has 120 valence electrons. The summed E-state index contributed by atoms with van der Waals surface area (Å²) in [6.45, 7) is 5.50. The zero-order valence-electron chi connectivity index (χ0n) is 12.8. The van der Waals surface area contributed by atoms with Gasteiger partial charge in [-0.25, -0.2) is 0 Å². The number of hydrogen-bond acceptors (Lipinski definition) is 3. The molecule has 0 aliphatic carbocycles. The van der Waals surface area contributed by atoms with Crippen LogP contribution in [0.5, 0.6) is 0 Å². The zero-order chi connectivity index (χ0) is 14.0. The van der Waals surface area contributed by atoms with Crippen molar-refractivity contribution in [2.24, 2.45) is 5.73 Å². The molecule has 0 radical (unpaired) electrons. The van der Waals surface area contributed by atoms with Crippen LogP contribution in [0.4, 0.5) is 5.69 Å². The topological polar surface area (TPSA) is 49.6 Å². The van der Waals surface area contributed by atoms with Crippen molar-refractivity contribution in [3.63, 3.8) is 0 Å². The SMILES string of the molecule is CC(N)CC(=O)N1Cc2ccccc2N(C)CC1C.Cl.Cl. The third kappa shape index (κ3) is 4.77. The van der Waals surface area contributed by atoms with Gasteiger partial charge < -0.3 is 15.5 Å². The van der Waals surface area contributed by atoms with Gasteiger partial charge in [0.1, 0.15) is 0 Å². The number of nitrogens with two attached hydrogens (primary N) is 1. The molecule has 6 heteroatoms. The van der Waals surface area contributed by atoms with E-state index in [9.17, 15) is 4.79 Å². The lowest BCUT2D eigenvalue weighted by molar-refractivity contribution is -0.133. The summed E-state index contributed by atoms with van der Waals surface area (Å²) in [5.41, 5.74) is 8.16. The van der Waals surface area contributed by atoms with E-state index in [4.69, 9.17) is 5.73 Å². The molecule has 1 aromatic rings. The molecule has 0 saturated heterocycles. The molecule has 1 aliphatic heterocycles. The first-order chi connectivity index (χ1) is 8.99. The van der Waals surface area contributed by atoms with Crippen LogP contribution in [0.15, 0.2) is 24.3 Å². The van der Waals surface area contributed by atoms with Crippen LogP contribution in [0.1, 0.15) is 25.8 Å². The molecule has 0 aromatic heterocycles. The second-order valence-corrected chi connectivity index (χ2v) is 5.56. The van der Waals surface area contributed by atoms with Gasteiger partial charge in [-0.05, 0) is 25.5 Å². The summed E-state index contributed by atoms with van der Waals surface area (Å²) in [7, 11) is 2.08. The van der Waals surface area contributed by atoms with Gasteiger partial charge in [0.2, 0.25) is 5.91 Å². The minimum absolute atomic E-state index is 0. The van der Waals surface area contributed by atoms with Gasteiger partial charge in [-0.15, -0.1) is 24.8 Å². The number of halogens is 2. The van der Waals surface area contributed by atoms with Crippen molar-refractivity contribution in [3.05, 3.63) is 29.8 Å². The molecule has 2 atom stereocenters. The van der Waals surface area contributed by atoms with Crippen LogP contribution in [-0.4, -0.2) is 36.5 Å². The van der Waals surface area contributed by atoms with E-state index in [0.717, 1.165) is 6.54 Å². The number of hydrogen-bond donors (Lipinski definition) is 1. The quantitative estimate of drug-likeness (QED) is 0.904. The number of benzene rings is 1. The number of fused-ring (bicyclic) bond motifs is 1. The number of para-hydroxylation sites is 1. The van der Waals surface area contributed by atoms with Crippen molar-refractivity contribution in [1.29, 1.82) is 0 Å². The van der Waals surface area contributed by atoms with Crippen LogP contribution in [-0.2, 0) is 11.3 Å². The summed E-state index contributed by atoms with van der Waals surface area (Å²) < 4.78 is 0. The van der Waals surface area contributed by atoms with Gasteiger partial charge in [0.05, 0.1) is 0 Å². The van der Waals surface area contributed by atoms with E-state index >= 15 is 0 Å².